The second kappa shape index (κ2) is 10.5. The van der Waals surface area contributed by atoms with E-state index in [0.29, 0.717) is 34.4 Å². The van der Waals surface area contributed by atoms with Crippen molar-refractivity contribution in [3.8, 4) is 11.5 Å². The number of likely N-dealkylation sites (N-methyl/N-ethyl adjacent to an activating group) is 1. The van der Waals surface area contributed by atoms with Gasteiger partial charge in [0.05, 0.1) is 25.3 Å². The lowest BCUT2D eigenvalue weighted by atomic mass is 10.2. The van der Waals surface area contributed by atoms with E-state index in [1.165, 1.54) is 18.1 Å². The standard InChI is InChI=1S/C22H25ClN2O4/c1-5-29-19-13-16(12-18(23)22(19)28-4)8-11-21(27)25(3)14-20(26)24-17-9-6-15(2)7-10-17/h6-13H,5,14H2,1-4H3,(H,24,26)/b11-8+. The smallest absolute Gasteiger partial charge is 0.246 e. The number of methoxy groups -OCH3 is 1. The molecular weight excluding hydrogens is 392 g/mol. The lowest BCUT2D eigenvalue weighted by Gasteiger charge is -2.15. The van der Waals surface area contributed by atoms with Crippen LogP contribution < -0.4 is 14.8 Å². The number of benzene rings is 2. The minimum absolute atomic E-state index is 0.0649. The number of carbonyl (C=O) groups is 2. The Kier molecular flexibility index (Phi) is 8.09. The Morgan fingerprint density at radius 1 is 1.21 bits per heavy atom. The number of aryl methyl sites for hydroxylation is 1. The molecule has 2 aromatic rings. The third-order valence-corrected chi connectivity index (χ3v) is 4.33. The van der Waals surface area contributed by atoms with Gasteiger partial charge in [-0.15, -0.1) is 0 Å². The summed E-state index contributed by atoms with van der Waals surface area (Å²) >= 11 is 6.22. The monoisotopic (exact) mass is 416 g/mol. The van der Waals surface area contributed by atoms with Gasteiger partial charge >= 0.3 is 0 Å². The van der Waals surface area contributed by atoms with Crippen molar-refractivity contribution in [2.24, 2.45) is 0 Å². The van der Waals surface area contributed by atoms with E-state index >= 15 is 0 Å². The molecule has 0 spiro atoms. The predicted molar refractivity (Wildman–Crippen MR) is 116 cm³/mol. The first-order valence-electron chi connectivity index (χ1n) is 9.14. The molecule has 0 aliphatic heterocycles. The molecule has 0 saturated carbocycles. The van der Waals surface area contributed by atoms with Crippen LogP contribution in [-0.2, 0) is 9.59 Å². The number of hydrogen-bond acceptors (Lipinski definition) is 4. The SMILES string of the molecule is CCOc1cc(/C=C/C(=O)N(C)CC(=O)Nc2ccc(C)cc2)cc(Cl)c1OC. The molecule has 0 unspecified atom stereocenters. The first-order chi connectivity index (χ1) is 13.8. The third-order valence-electron chi connectivity index (χ3n) is 4.05. The van der Waals surface area contributed by atoms with E-state index in [4.69, 9.17) is 21.1 Å². The molecule has 0 atom stereocenters. The van der Waals surface area contributed by atoms with Crippen molar-refractivity contribution in [1.82, 2.24) is 4.90 Å². The fourth-order valence-corrected chi connectivity index (χ4v) is 2.87. The molecule has 0 aliphatic carbocycles. The molecule has 2 rings (SSSR count). The maximum Gasteiger partial charge on any atom is 0.246 e. The van der Waals surface area contributed by atoms with E-state index in [-0.39, 0.29) is 18.4 Å². The molecule has 0 aliphatic rings. The van der Waals surface area contributed by atoms with Crippen LogP contribution in [0.3, 0.4) is 0 Å². The van der Waals surface area contributed by atoms with E-state index < -0.39 is 0 Å². The van der Waals surface area contributed by atoms with Crippen LogP contribution in [0.2, 0.25) is 5.02 Å². The Morgan fingerprint density at radius 2 is 1.90 bits per heavy atom. The number of nitrogens with one attached hydrogen (secondary N) is 1. The van der Waals surface area contributed by atoms with E-state index in [1.54, 1.807) is 25.3 Å². The summed E-state index contributed by atoms with van der Waals surface area (Å²) in [6.07, 6.45) is 3.00. The quantitative estimate of drug-likeness (QED) is 0.656. The van der Waals surface area contributed by atoms with Crippen molar-refractivity contribution in [3.05, 3.63) is 58.6 Å². The average molecular weight is 417 g/mol. The minimum Gasteiger partial charge on any atom is -0.491 e. The highest BCUT2D eigenvalue weighted by Crippen LogP contribution is 2.36. The van der Waals surface area contributed by atoms with Gasteiger partial charge in [-0.25, -0.2) is 0 Å². The number of anilines is 1. The first kappa shape index (κ1) is 22.3. The van der Waals surface area contributed by atoms with Gasteiger partial charge in [0.1, 0.15) is 0 Å². The van der Waals surface area contributed by atoms with Crippen molar-refractivity contribution in [2.45, 2.75) is 13.8 Å². The van der Waals surface area contributed by atoms with E-state index in [9.17, 15) is 9.59 Å². The Bertz CT molecular complexity index is 894. The summed E-state index contributed by atoms with van der Waals surface area (Å²) in [5.74, 6) is 0.362. The molecule has 0 aromatic heterocycles. The largest absolute Gasteiger partial charge is 0.491 e. The molecule has 1 N–H and O–H groups in total. The minimum atomic E-state index is -0.311. The second-order valence-electron chi connectivity index (χ2n) is 6.41. The van der Waals surface area contributed by atoms with Gasteiger partial charge in [-0.2, -0.15) is 0 Å². The summed E-state index contributed by atoms with van der Waals surface area (Å²) in [6.45, 7) is 4.22. The number of hydrogen-bond donors (Lipinski definition) is 1. The zero-order valence-corrected chi connectivity index (χ0v) is 17.7. The topological polar surface area (TPSA) is 67.9 Å². The molecule has 6 nitrogen and oxygen atoms in total. The van der Waals surface area contributed by atoms with Gasteiger partial charge in [0.25, 0.3) is 0 Å². The van der Waals surface area contributed by atoms with Gasteiger partial charge < -0.3 is 19.7 Å². The summed E-state index contributed by atoms with van der Waals surface area (Å²) in [7, 11) is 3.08. The summed E-state index contributed by atoms with van der Waals surface area (Å²) in [4.78, 5) is 25.8. The maximum absolute atomic E-state index is 12.3. The van der Waals surface area contributed by atoms with E-state index in [2.05, 4.69) is 5.32 Å². The Morgan fingerprint density at radius 3 is 2.52 bits per heavy atom. The number of ether oxygens (including phenoxy) is 2. The highest BCUT2D eigenvalue weighted by atomic mass is 35.5. The van der Waals surface area contributed by atoms with Crippen molar-refractivity contribution < 1.29 is 19.1 Å². The van der Waals surface area contributed by atoms with E-state index in [0.717, 1.165) is 5.56 Å². The molecule has 0 fully saturated rings. The van der Waals surface area contributed by atoms with Gasteiger partial charge in [0, 0.05) is 18.8 Å². The molecule has 0 saturated heterocycles. The van der Waals surface area contributed by atoms with Crippen LogP contribution in [0.4, 0.5) is 5.69 Å². The van der Waals surface area contributed by atoms with Crippen molar-refractivity contribution in [1.29, 1.82) is 0 Å². The van der Waals surface area contributed by atoms with Gasteiger partial charge in [0.15, 0.2) is 11.5 Å². The average Bonchev–Trinajstić information content (AvgIpc) is 2.68. The Balaban J connectivity index is 2.00. The second-order valence-corrected chi connectivity index (χ2v) is 6.82. The Hall–Kier alpha value is -2.99. The third kappa shape index (κ3) is 6.54. The summed E-state index contributed by atoms with van der Waals surface area (Å²) < 4.78 is 10.8. The van der Waals surface area contributed by atoms with Crippen LogP contribution in [0.25, 0.3) is 6.08 Å². The molecule has 0 heterocycles. The van der Waals surface area contributed by atoms with Gasteiger partial charge in [-0.1, -0.05) is 29.3 Å². The molecule has 0 bridgehead atoms. The van der Waals surface area contributed by atoms with E-state index in [1.807, 2.05) is 38.1 Å². The van der Waals surface area contributed by atoms with Crippen LogP contribution in [0, 0.1) is 6.92 Å². The molecule has 29 heavy (non-hydrogen) atoms. The number of rotatable bonds is 8. The molecule has 2 aromatic carbocycles. The molecule has 154 valence electrons. The van der Waals surface area contributed by atoms with Gasteiger partial charge in [-0.05, 0) is 49.8 Å². The fraction of sp³-hybridized carbons (Fsp3) is 0.273. The highest BCUT2D eigenvalue weighted by molar-refractivity contribution is 6.32. The van der Waals surface area contributed by atoms with Crippen LogP contribution in [0.1, 0.15) is 18.1 Å². The number of nitrogens with zero attached hydrogens (tertiary/aromatic N) is 1. The summed E-state index contributed by atoms with van der Waals surface area (Å²) in [5.41, 5.74) is 2.48. The van der Waals surface area contributed by atoms with Crippen LogP contribution in [0.15, 0.2) is 42.5 Å². The number of amides is 2. The van der Waals surface area contributed by atoms with Gasteiger partial charge in [0.2, 0.25) is 11.8 Å². The maximum atomic E-state index is 12.3. The van der Waals surface area contributed by atoms with Crippen molar-refractivity contribution >= 4 is 35.2 Å². The van der Waals surface area contributed by atoms with Crippen LogP contribution >= 0.6 is 11.6 Å². The van der Waals surface area contributed by atoms with Crippen LogP contribution in [0.5, 0.6) is 11.5 Å². The molecule has 2 amide bonds. The summed E-state index contributed by atoms with van der Waals surface area (Å²) in [5, 5.41) is 3.15. The number of halogens is 1. The summed E-state index contributed by atoms with van der Waals surface area (Å²) in [6, 6.07) is 10.9. The van der Waals surface area contributed by atoms with Crippen LogP contribution in [-0.4, -0.2) is 44.0 Å². The zero-order chi connectivity index (χ0) is 21.4. The predicted octanol–water partition coefficient (Wildman–Crippen LogP) is 4.17. The van der Waals surface area contributed by atoms with Crippen molar-refractivity contribution in [2.75, 3.05) is 32.6 Å². The zero-order valence-electron chi connectivity index (χ0n) is 17.0. The van der Waals surface area contributed by atoms with Gasteiger partial charge in [-0.3, -0.25) is 9.59 Å². The molecule has 7 heteroatoms. The molecule has 0 radical (unpaired) electrons. The fourth-order valence-electron chi connectivity index (χ4n) is 2.57. The van der Waals surface area contributed by atoms with Crippen molar-refractivity contribution in [3.63, 3.8) is 0 Å². The molecular formula is C22H25ClN2O4. The number of carbonyl (C=O) groups excluding carboxylic acids is 2. The lowest BCUT2D eigenvalue weighted by molar-refractivity contribution is -0.129. The Labute approximate surface area is 176 Å². The normalized spacial score (nSPS) is 10.7. The highest BCUT2D eigenvalue weighted by Gasteiger charge is 2.13. The first-order valence-corrected chi connectivity index (χ1v) is 9.51. The lowest BCUT2D eigenvalue weighted by Crippen LogP contribution is -2.33.